The van der Waals surface area contributed by atoms with Gasteiger partial charge < -0.3 is 10.6 Å². The zero-order chi connectivity index (χ0) is 10.6. The molecule has 0 aromatic carbocycles. The third kappa shape index (κ3) is 3.08. The summed E-state index contributed by atoms with van der Waals surface area (Å²) in [6.45, 7) is 2.15. The maximum atomic E-state index is 11.2. The van der Waals surface area contributed by atoms with Crippen LogP contribution < -0.4 is 10.6 Å². The van der Waals surface area contributed by atoms with Crippen LogP contribution in [0.15, 0.2) is 16.7 Å². The number of hydrogen-bond acceptors (Lipinski definition) is 3. The molecule has 0 atom stereocenters. The lowest BCUT2D eigenvalue weighted by atomic mass is 10.3. The molecule has 1 amide bonds. The van der Waals surface area contributed by atoms with Crippen LogP contribution in [0.5, 0.6) is 0 Å². The van der Waals surface area contributed by atoms with Gasteiger partial charge in [0, 0.05) is 0 Å². The number of pyridine rings is 1. The quantitative estimate of drug-likeness (QED) is 0.804. The van der Waals surface area contributed by atoms with Crippen molar-refractivity contribution >= 4 is 27.5 Å². The number of carbonyl (C=O) groups excluding carboxylic acids is 1. The molecule has 0 saturated heterocycles. The number of aryl methyl sites for hydroxylation is 1. The summed E-state index contributed by atoms with van der Waals surface area (Å²) >= 11 is 3.26. The van der Waals surface area contributed by atoms with E-state index in [-0.39, 0.29) is 5.91 Å². The number of carbonyl (C=O) groups is 1. The normalized spacial score (nSPS) is 9.93. The molecular formula is C9H12BrN3O. The number of nitrogens with zero attached hydrogens (tertiary/aromatic N) is 1. The average molecular weight is 258 g/mol. The molecule has 1 aromatic heterocycles. The Hall–Kier alpha value is -0.940. The molecule has 1 aromatic rings. The lowest BCUT2D eigenvalue weighted by molar-refractivity contribution is -0.115. The summed E-state index contributed by atoms with van der Waals surface area (Å²) in [4.78, 5) is 15.4. The van der Waals surface area contributed by atoms with E-state index in [1.807, 2.05) is 13.0 Å². The second-order valence-corrected chi connectivity index (χ2v) is 3.66. The van der Waals surface area contributed by atoms with Crippen molar-refractivity contribution in [1.82, 2.24) is 10.3 Å². The van der Waals surface area contributed by atoms with Crippen molar-refractivity contribution < 1.29 is 4.79 Å². The fraction of sp³-hybridized carbons (Fsp3) is 0.333. The van der Waals surface area contributed by atoms with Gasteiger partial charge in [0.1, 0.15) is 4.60 Å². The van der Waals surface area contributed by atoms with Crippen LogP contribution in [0.2, 0.25) is 0 Å². The molecule has 76 valence electrons. The summed E-state index contributed by atoms with van der Waals surface area (Å²) in [5.74, 6) is -0.0697. The maximum absolute atomic E-state index is 11.2. The molecule has 0 fully saturated rings. The minimum Gasteiger partial charge on any atom is -0.323 e. The highest BCUT2D eigenvalue weighted by Crippen LogP contribution is 2.15. The molecular weight excluding hydrogens is 246 g/mol. The number of aromatic nitrogens is 1. The van der Waals surface area contributed by atoms with Gasteiger partial charge in [-0.1, -0.05) is 0 Å². The first-order chi connectivity index (χ1) is 6.63. The van der Waals surface area contributed by atoms with Gasteiger partial charge in [-0.25, -0.2) is 4.98 Å². The fourth-order valence-corrected chi connectivity index (χ4v) is 1.42. The Bertz CT molecular complexity index is 341. The van der Waals surface area contributed by atoms with Crippen molar-refractivity contribution in [3.05, 3.63) is 22.4 Å². The number of rotatable bonds is 3. The Morgan fingerprint density at radius 1 is 1.57 bits per heavy atom. The summed E-state index contributed by atoms with van der Waals surface area (Å²) in [7, 11) is 1.73. The Kier molecular flexibility index (Phi) is 4.03. The van der Waals surface area contributed by atoms with Gasteiger partial charge in [0.05, 0.1) is 17.9 Å². The number of amides is 1. The van der Waals surface area contributed by atoms with E-state index >= 15 is 0 Å². The van der Waals surface area contributed by atoms with Crippen molar-refractivity contribution in [3.8, 4) is 0 Å². The molecule has 0 aliphatic rings. The van der Waals surface area contributed by atoms with Crippen LogP contribution in [-0.2, 0) is 4.79 Å². The van der Waals surface area contributed by atoms with E-state index in [0.29, 0.717) is 6.54 Å². The second-order valence-electron chi connectivity index (χ2n) is 2.85. The van der Waals surface area contributed by atoms with Gasteiger partial charge in [0.25, 0.3) is 0 Å². The minimum absolute atomic E-state index is 0.0697. The van der Waals surface area contributed by atoms with Gasteiger partial charge in [-0.2, -0.15) is 0 Å². The zero-order valence-corrected chi connectivity index (χ0v) is 9.68. The Morgan fingerprint density at radius 2 is 2.29 bits per heavy atom. The van der Waals surface area contributed by atoms with Gasteiger partial charge in [-0.15, -0.1) is 0 Å². The zero-order valence-electron chi connectivity index (χ0n) is 8.10. The van der Waals surface area contributed by atoms with Crippen LogP contribution in [0.3, 0.4) is 0 Å². The smallest absolute Gasteiger partial charge is 0.238 e. The lowest BCUT2D eigenvalue weighted by Crippen LogP contribution is -2.25. The summed E-state index contributed by atoms with van der Waals surface area (Å²) in [6, 6.07) is 3.61. The van der Waals surface area contributed by atoms with Crippen LogP contribution in [0.4, 0.5) is 5.69 Å². The van der Waals surface area contributed by atoms with Crippen molar-refractivity contribution in [3.63, 3.8) is 0 Å². The number of halogens is 1. The van der Waals surface area contributed by atoms with Gasteiger partial charge in [-0.05, 0) is 42.0 Å². The van der Waals surface area contributed by atoms with Crippen molar-refractivity contribution in [1.29, 1.82) is 0 Å². The number of anilines is 1. The van der Waals surface area contributed by atoms with Gasteiger partial charge >= 0.3 is 0 Å². The van der Waals surface area contributed by atoms with E-state index in [4.69, 9.17) is 0 Å². The van der Waals surface area contributed by atoms with Crippen LogP contribution in [0.25, 0.3) is 0 Å². The summed E-state index contributed by atoms with van der Waals surface area (Å²) in [5, 5.41) is 5.53. The largest absolute Gasteiger partial charge is 0.323 e. The molecule has 1 rings (SSSR count). The molecule has 5 heteroatoms. The van der Waals surface area contributed by atoms with Gasteiger partial charge in [-0.3, -0.25) is 4.79 Å². The maximum Gasteiger partial charge on any atom is 0.238 e. The minimum atomic E-state index is -0.0697. The summed E-state index contributed by atoms with van der Waals surface area (Å²) in [6.07, 6.45) is 0. The van der Waals surface area contributed by atoms with Crippen LogP contribution >= 0.6 is 15.9 Å². The first-order valence-electron chi connectivity index (χ1n) is 4.21. The third-order valence-corrected chi connectivity index (χ3v) is 2.10. The molecule has 2 N–H and O–H groups in total. The molecule has 0 radical (unpaired) electrons. The molecule has 0 aliphatic heterocycles. The predicted molar refractivity (Wildman–Crippen MR) is 59.2 cm³/mol. The molecule has 0 bridgehead atoms. The summed E-state index contributed by atoms with van der Waals surface area (Å²) < 4.78 is 0.765. The first kappa shape index (κ1) is 11.1. The molecule has 1 heterocycles. The van der Waals surface area contributed by atoms with Crippen molar-refractivity contribution in [2.45, 2.75) is 6.92 Å². The van der Waals surface area contributed by atoms with E-state index in [2.05, 4.69) is 31.5 Å². The second kappa shape index (κ2) is 5.07. The topological polar surface area (TPSA) is 54.0 Å². The van der Waals surface area contributed by atoms with E-state index in [1.165, 1.54) is 0 Å². The van der Waals surface area contributed by atoms with Crippen molar-refractivity contribution in [2.75, 3.05) is 18.9 Å². The first-order valence-corrected chi connectivity index (χ1v) is 5.00. The van der Waals surface area contributed by atoms with Crippen LogP contribution in [0.1, 0.15) is 5.69 Å². The lowest BCUT2D eigenvalue weighted by Gasteiger charge is -2.07. The van der Waals surface area contributed by atoms with E-state index < -0.39 is 0 Å². The predicted octanol–water partition coefficient (Wildman–Crippen LogP) is 1.31. The SMILES string of the molecule is CNCC(=O)Nc1ccc(Br)nc1C. The fourth-order valence-electron chi connectivity index (χ4n) is 1.02. The highest BCUT2D eigenvalue weighted by molar-refractivity contribution is 9.10. The monoisotopic (exact) mass is 257 g/mol. The third-order valence-electron chi connectivity index (χ3n) is 1.66. The van der Waals surface area contributed by atoms with E-state index in [9.17, 15) is 4.79 Å². The highest BCUT2D eigenvalue weighted by atomic mass is 79.9. The number of nitrogens with one attached hydrogen (secondary N) is 2. The molecule has 0 aliphatic carbocycles. The van der Waals surface area contributed by atoms with Crippen molar-refractivity contribution in [2.24, 2.45) is 0 Å². The molecule has 0 unspecified atom stereocenters. The van der Waals surface area contributed by atoms with Gasteiger partial charge in [0.15, 0.2) is 0 Å². The standard InChI is InChI=1S/C9H12BrN3O/c1-6-7(3-4-8(10)12-6)13-9(14)5-11-2/h3-4,11H,5H2,1-2H3,(H,13,14). The molecule has 0 spiro atoms. The summed E-state index contributed by atoms with van der Waals surface area (Å²) in [5.41, 5.74) is 1.54. The molecule has 4 nitrogen and oxygen atoms in total. The highest BCUT2D eigenvalue weighted by Gasteiger charge is 2.04. The average Bonchev–Trinajstić information content (AvgIpc) is 2.10. The Labute approximate surface area is 91.2 Å². The van der Waals surface area contributed by atoms with Crippen LogP contribution in [0, 0.1) is 6.92 Å². The van der Waals surface area contributed by atoms with E-state index in [0.717, 1.165) is 16.0 Å². The van der Waals surface area contributed by atoms with E-state index in [1.54, 1.807) is 13.1 Å². The Morgan fingerprint density at radius 3 is 2.86 bits per heavy atom. The Balaban J connectivity index is 2.72. The van der Waals surface area contributed by atoms with Gasteiger partial charge in [0.2, 0.25) is 5.91 Å². The molecule has 0 saturated carbocycles. The van der Waals surface area contributed by atoms with Crippen LogP contribution in [-0.4, -0.2) is 24.5 Å². The number of likely N-dealkylation sites (N-methyl/N-ethyl adjacent to an activating group) is 1. The molecule has 14 heavy (non-hydrogen) atoms. The number of hydrogen-bond donors (Lipinski definition) is 2.